The molecule has 4 heterocycles. The molecule has 0 spiro atoms. The predicted octanol–water partition coefficient (Wildman–Crippen LogP) is 2.83. The molecule has 132 valence electrons. The molecule has 0 radical (unpaired) electrons. The molecular weight excluding hydrogens is 358 g/mol. The van der Waals surface area contributed by atoms with Crippen LogP contribution in [0.4, 0.5) is 16.9 Å². The summed E-state index contributed by atoms with van der Waals surface area (Å²) in [6.45, 7) is 5.65. The molecule has 25 heavy (non-hydrogen) atoms. The highest BCUT2D eigenvalue weighted by Gasteiger charge is 2.27. The number of hydrogen-bond donors (Lipinski definition) is 2. The minimum Gasteiger partial charge on any atom is -0.383 e. The first-order valence-electron chi connectivity index (χ1n) is 8.02. The van der Waals surface area contributed by atoms with Crippen molar-refractivity contribution in [2.75, 3.05) is 30.5 Å². The summed E-state index contributed by atoms with van der Waals surface area (Å²) >= 11 is 3.03. The molecule has 1 aliphatic heterocycles. The summed E-state index contributed by atoms with van der Waals surface area (Å²) in [5, 5.41) is 12.3. The largest absolute Gasteiger partial charge is 0.383 e. The molecule has 0 aliphatic carbocycles. The van der Waals surface area contributed by atoms with Crippen LogP contribution in [0.15, 0.2) is 6.20 Å². The first kappa shape index (κ1) is 16.4. The molecule has 0 saturated carbocycles. The maximum Gasteiger partial charge on any atom is 0.241 e. The lowest BCUT2D eigenvalue weighted by Crippen LogP contribution is -2.37. The van der Waals surface area contributed by atoms with Gasteiger partial charge >= 0.3 is 0 Å². The van der Waals surface area contributed by atoms with Crippen LogP contribution < -0.4 is 10.2 Å². The molecule has 0 amide bonds. The van der Waals surface area contributed by atoms with Crippen LogP contribution in [-0.4, -0.2) is 50.8 Å². The molecule has 3 aromatic heterocycles. The third kappa shape index (κ3) is 3.12. The van der Waals surface area contributed by atoms with Crippen LogP contribution in [0.25, 0.3) is 11.3 Å². The van der Waals surface area contributed by atoms with E-state index in [9.17, 15) is 0 Å². The molecule has 3 aromatic rings. The summed E-state index contributed by atoms with van der Waals surface area (Å²) in [5.74, 6) is 1.61. The van der Waals surface area contributed by atoms with Crippen LogP contribution in [0, 0.1) is 6.92 Å². The van der Waals surface area contributed by atoms with Crippen LogP contribution in [0.1, 0.15) is 16.8 Å². The van der Waals surface area contributed by atoms with Crippen molar-refractivity contribution in [3.05, 3.63) is 16.1 Å². The van der Waals surface area contributed by atoms with Crippen LogP contribution in [-0.2, 0) is 11.2 Å². The van der Waals surface area contributed by atoms with Gasteiger partial charge in [0.05, 0.1) is 30.1 Å². The molecule has 2 N–H and O–H groups in total. The van der Waals surface area contributed by atoms with Gasteiger partial charge in [-0.2, -0.15) is 9.47 Å². The van der Waals surface area contributed by atoms with E-state index in [0.29, 0.717) is 12.6 Å². The van der Waals surface area contributed by atoms with Crippen LogP contribution in [0.2, 0.25) is 0 Å². The van der Waals surface area contributed by atoms with Crippen molar-refractivity contribution < 1.29 is 4.74 Å². The highest BCUT2D eigenvalue weighted by Crippen LogP contribution is 2.39. The molecule has 4 rings (SSSR count). The second kappa shape index (κ2) is 6.70. The van der Waals surface area contributed by atoms with Crippen LogP contribution in [0.3, 0.4) is 0 Å². The van der Waals surface area contributed by atoms with Gasteiger partial charge in [0, 0.05) is 25.0 Å². The third-order valence-corrected chi connectivity index (χ3v) is 5.78. The van der Waals surface area contributed by atoms with Crippen LogP contribution in [0.5, 0.6) is 0 Å². The van der Waals surface area contributed by atoms with E-state index in [1.807, 2.05) is 13.1 Å². The zero-order valence-corrected chi connectivity index (χ0v) is 15.9. The number of ether oxygens (including phenoxy) is 1. The first-order valence-corrected chi connectivity index (χ1v) is 9.61. The van der Waals surface area contributed by atoms with Gasteiger partial charge in [-0.25, -0.2) is 9.97 Å². The van der Waals surface area contributed by atoms with E-state index in [-0.39, 0.29) is 6.04 Å². The Morgan fingerprint density at radius 2 is 2.32 bits per heavy atom. The number of nitrogens with one attached hydrogen (secondary N) is 2. The average Bonchev–Trinajstić information content (AvgIpc) is 3.28. The van der Waals surface area contributed by atoms with E-state index < -0.39 is 0 Å². The fraction of sp³-hybridized carbons (Fsp3) is 0.467. The van der Waals surface area contributed by atoms with Gasteiger partial charge in [-0.1, -0.05) is 0 Å². The van der Waals surface area contributed by atoms with E-state index in [1.54, 1.807) is 18.4 Å². The van der Waals surface area contributed by atoms with Crippen LogP contribution >= 0.6 is 22.9 Å². The number of hydrogen-bond acceptors (Lipinski definition) is 9. The summed E-state index contributed by atoms with van der Waals surface area (Å²) in [4.78, 5) is 12.7. The molecule has 0 fully saturated rings. The lowest BCUT2D eigenvalue weighted by molar-refractivity contribution is 0.181. The number of anilines is 3. The van der Waals surface area contributed by atoms with Gasteiger partial charge in [0.25, 0.3) is 0 Å². The maximum absolute atomic E-state index is 5.32. The van der Waals surface area contributed by atoms with E-state index >= 15 is 0 Å². The van der Waals surface area contributed by atoms with E-state index in [0.717, 1.165) is 40.2 Å². The molecule has 1 atom stereocenters. The number of fused-ring (bicyclic) bond motifs is 3. The Hall–Kier alpha value is -2.04. The normalized spacial score (nSPS) is 14.8. The Morgan fingerprint density at radius 1 is 1.44 bits per heavy atom. The summed E-state index contributed by atoms with van der Waals surface area (Å²) in [6.07, 6.45) is 2.77. The quantitative estimate of drug-likeness (QED) is 0.706. The molecule has 0 bridgehead atoms. The fourth-order valence-electron chi connectivity index (χ4n) is 3.01. The topological polar surface area (TPSA) is 91.8 Å². The standard InChI is InChI=1S/C15H19N7OS2/c1-8(7-23-3)22-5-4-11-12(10-6-16-20-13(10)22)18-15(24-11)19-14-17-9(2)25-21-14/h6,8H,4-5,7H2,1-3H3,(H,16,20)(H,18,19,21). The summed E-state index contributed by atoms with van der Waals surface area (Å²) < 4.78 is 9.59. The number of methoxy groups -OCH3 is 1. The van der Waals surface area contributed by atoms with Crippen molar-refractivity contribution in [2.24, 2.45) is 0 Å². The highest BCUT2D eigenvalue weighted by atomic mass is 32.1. The molecule has 8 nitrogen and oxygen atoms in total. The van der Waals surface area contributed by atoms with Gasteiger partial charge in [-0.05, 0) is 25.4 Å². The van der Waals surface area contributed by atoms with Crippen molar-refractivity contribution in [1.82, 2.24) is 24.5 Å². The highest BCUT2D eigenvalue weighted by molar-refractivity contribution is 7.16. The average molecular weight is 377 g/mol. The number of H-pyrrole nitrogens is 1. The number of nitrogens with zero attached hydrogens (tertiary/aromatic N) is 5. The fourth-order valence-corrected chi connectivity index (χ4v) is 4.40. The smallest absolute Gasteiger partial charge is 0.241 e. The Bertz CT molecular complexity index is 871. The Morgan fingerprint density at radius 3 is 3.08 bits per heavy atom. The van der Waals surface area contributed by atoms with Gasteiger partial charge in [0.1, 0.15) is 10.8 Å². The molecular formula is C15H19N7OS2. The lowest BCUT2D eigenvalue weighted by Gasteiger charge is -2.28. The molecule has 1 aliphatic rings. The Labute approximate surface area is 153 Å². The van der Waals surface area contributed by atoms with Crippen molar-refractivity contribution in [3.8, 4) is 11.3 Å². The number of aryl methyl sites for hydroxylation is 1. The van der Waals surface area contributed by atoms with Crippen molar-refractivity contribution in [1.29, 1.82) is 0 Å². The van der Waals surface area contributed by atoms with Crippen molar-refractivity contribution in [3.63, 3.8) is 0 Å². The molecule has 0 aromatic carbocycles. The number of aromatic nitrogens is 5. The number of aromatic amines is 1. The van der Waals surface area contributed by atoms with Gasteiger partial charge in [-0.3, -0.25) is 10.4 Å². The molecule has 0 saturated heterocycles. The minimum absolute atomic E-state index is 0.262. The molecule has 1 unspecified atom stereocenters. The first-order chi connectivity index (χ1) is 12.2. The summed E-state index contributed by atoms with van der Waals surface area (Å²) in [7, 11) is 1.73. The maximum atomic E-state index is 5.32. The van der Waals surface area contributed by atoms with Gasteiger partial charge in [0.2, 0.25) is 5.95 Å². The number of rotatable bonds is 5. The monoisotopic (exact) mass is 377 g/mol. The SMILES string of the molecule is COCC(C)N1CCc2sc(Nc3nsc(C)n3)nc2-c2cn[nH]c21. The van der Waals surface area contributed by atoms with Crippen molar-refractivity contribution in [2.45, 2.75) is 26.3 Å². The summed E-state index contributed by atoms with van der Waals surface area (Å²) in [5.41, 5.74) is 2.01. The lowest BCUT2D eigenvalue weighted by atomic mass is 10.2. The predicted molar refractivity (Wildman–Crippen MR) is 100 cm³/mol. The number of thiazole rings is 1. The van der Waals surface area contributed by atoms with E-state index in [2.05, 4.69) is 36.7 Å². The third-order valence-electron chi connectivity index (χ3n) is 4.12. The zero-order chi connectivity index (χ0) is 17.4. The second-order valence-corrected chi connectivity index (χ2v) is 7.97. The van der Waals surface area contributed by atoms with Gasteiger partial charge in [0.15, 0.2) is 5.13 Å². The minimum atomic E-state index is 0.262. The second-order valence-electron chi connectivity index (χ2n) is 5.93. The van der Waals surface area contributed by atoms with E-state index in [1.165, 1.54) is 16.4 Å². The van der Waals surface area contributed by atoms with Gasteiger partial charge in [-0.15, -0.1) is 11.3 Å². The van der Waals surface area contributed by atoms with Crippen molar-refractivity contribution >= 4 is 39.8 Å². The van der Waals surface area contributed by atoms with E-state index in [4.69, 9.17) is 9.72 Å². The molecule has 10 heteroatoms. The summed E-state index contributed by atoms with van der Waals surface area (Å²) in [6, 6.07) is 0.262. The Kier molecular flexibility index (Phi) is 4.40. The Balaban J connectivity index is 1.65. The van der Waals surface area contributed by atoms with Gasteiger partial charge < -0.3 is 9.64 Å². The zero-order valence-electron chi connectivity index (χ0n) is 14.2.